The molecule has 0 radical (unpaired) electrons. The molecule has 0 aromatic carbocycles. The molecule has 0 aliphatic carbocycles. The van der Waals surface area contributed by atoms with Crippen LogP contribution in [0.15, 0.2) is 0 Å². The molecule has 1 aliphatic heterocycles. The summed E-state index contributed by atoms with van der Waals surface area (Å²) in [5.74, 6) is 0.550. The van der Waals surface area contributed by atoms with Crippen molar-refractivity contribution in [2.45, 2.75) is 39.7 Å². The maximum Gasteiger partial charge on any atom is 0.223 e. The molecule has 1 saturated heterocycles. The van der Waals surface area contributed by atoms with Crippen molar-refractivity contribution in [1.82, 2.24) is 10.6 Å². The average molecular weight is 212 g/mol. The third-order valence-corrected chi connectivity index (χ3v) is 3.03. The summed E-state index contributed by atoms with van der Waals surface area (Å²) in [5.41, 5.74) is 0. The molecule has 0 aromatic rings. The Labute approximate surface area is 90.8 Å². The minimum Gasteiger partial charge on any atom is -0.354 e. The van der Waals surface area contributed by atoms with Gasteiger partial charge in [-0.1, -0.05) is 20.8 Å². The summed E-state index contributed by atoms with van der Waals surface area (Å²) in [4.78, 5) is 22.6. The molecule has 0 saturated carbocycles. The first-order chi connectivity index (χ1) is 7.00. The minimum atomic E-state index is 0.0302. The molecule has 2 unspecified atom stereocenters. The first-order valence-corrected chi connectivity index (χ1v) is 5.57. The van der Waals surface area contributed by atoms with E-state index < -0.39 is 0 Å². The number of nitrogens with one attached hydrogen (secondary N) is 2. The Morgan fingerprint density at radius 1 is 1.47 bits per heavy atom. The van der Waals surface area contributed by atoms with Crippen molar-refractivity contribution in [3.63, 3.8) is 0 Å². The molecule has 86 valence electrons. The first kappa shape index (κ1) is 12.0. The van der Waals surface area contributed by atoms with E-state index in [-0.39, 0.29) is 23.8 Å². The van der Waals surface area contributed by atoms with Crippen molar-refractivity contribution in [3.05, 3.63) is 0 Å². The van der Waals surface area contributed by atoms with E-state index in [2.05, 4.69) is 10.6 Å². The number of piperidine rings is 1. The predicted molar refractivity (Wildman–Crippen MR) is 58.2 cm³/mol. The van der Waals surface area contributed by atoms with E-state index in [0.29, 0.717) is 18.9 Å². The number of carbonyl (C=O) groups is 2. The highest BCUT2D eigenvalue weighted by Gasteiger charge is 2.23. The van der Waals surface area contributed by atoms with Crippen molar-refractivity contribution < 1.29 is 9.59 Å². The highest BCUT2D eigenvalue weighted by atomic mass is 16.2. The van der Waals surface area contributed by atoms with Crippen molar-refractivity contribution in [2.24, 2.45) is 11.8 Å². The topological polar surface area (TPSA) is 58.2 Å². The van der Waals surface area contributed by atoms with Gasteiger partial charge >= 0.3 is 0 Å². The second-order valence-corrected chi connectivity index (χ2v) is 4.58. The van der Waals surface area contributed by atoms with Gasteiger partial charge in [0.1, 0.15) is 0 Å². The average Bonchev–Trinajstić information content (AvgIpc) is 2.20. The van der Waals surface area contributed by atoms with Gasteiger partial charge in [0.2, 0.25) is 11.8 Å². The molecular weight excluding hydrogens is 192 g/mol. The van der Waals surface area contributed by atoms with Gasteiger partial charge in [-0.25, -0.2) is 0 Å². The summed E-state index contributed by atoms with van der Waals surface area (Å²) in [6, 6.07) is 0.108. The Kier molecular flexibility index (Phi) is 4.12. The molecule has 1 rings (SSSR count). The van der Waals surface area contributed by atoms with Gasteiger partial charge in [-0.3, -0.25) is 9.59 Å². The summed E-state index contributed by atoms with van der Waals surface area (Å²) >= 11 is 0. The molecule has 0 spiro atoms. The van der Waals surface area contributed by atoms with Crippen LogP contribution in [-0.4, -0.2) is 24.4 Å². The molecule has 4 nitrogen and oxygen atoms in total. The Balaban J connectivity index is 2.35. The Hall–Kier alpha value is -1.06. The zero-order valence-corrected chi connectivity index (χ0v) is 9.67. The Bertz CT molecular complexity index is 241. The summed E-state index contributed by atoms with van der Waals surface area (Å²) in [6.07, 6.45) is 1.27. The second kappa shape index (κ2) is 5.14. The van der Waals surface area contributed by atoms with Crippen LogP contribution in [0.25, 0.3) is 0 Å². The normalized spacial score (nSPS) is 23.5. The Morgan fingerprint density at radius 2 is 2.13 bits per heavy atom. The predicted octanol–water partition coefficient (Wildman–Crippen LogP) is 0.673. The maximum absolute atomic E-state index is 11.7. The number of hydrogen-bond donors (Lipinski definition) is 2. The highest BCUT2D eigenvalue weighted by Crippen LogP contribution is 2.11. The van der Waals surface area contributed by atoms with E-state index >= 15 is 0 Å². The highest BCUT2D eigenvalue weighted by molar-refractivity contribution is 5.80. The fourth-order valence-corrected chi connectivity index (χ4v) is 1.49. The van der Waals surface area contributed by atoms with Crippen LogP contribution < -0.4 is 10.6 Å². The van der Waals surface area contributed by atoms with Crippen LogP contribution in [0.3, 0.4) is 0 Å². The van der Waals surface area contributed by atoms with E-state index in [9.17, 15) is 9.59 Å². The van der Waals surface area contributed by atoms with Gasteiger partial charge in [0.05, 0.1) is 0 Å². The molecule has 2 atom stereocenters. The van der Waals surface area contributed by atoms with Crippen LogP contribution in [-0.2, 0) is 9.59 Å². The largest absolute Gasteiger partial charge is 0.354 e. The van der Waals surface area contributed by atoms with E-state index in [0.717, 1.165) is 6.42 Å². The van der Waals surface area contributed by atoms with Gasteiger partial charge in [0.25, 0.3) is 0 Å². The summed E-state index contributed by atoms with van der Waals surface area (Å²) in [7, 11) is 0. The molecule has 2 amide bonds. The minimum absolute atomic E-state index is 0.0302. The molecule has 1 fully saturated rings. The molecule has 15 heavy (non-hydrogen) atoms. The zero-order valence-electron chi connectivity index (χ0n) is 9.67. The fraction of sp³-hybridized carbons (Fsp3) is 0.818. The van der Waals surface area contributed by atoms with Crippen LogP contribution in [0, 0.1) is 11.8 Å². The van der Waals surface area contributed by atoms with Crippen molar-refractivity contribution in [3.8, 4) is 0 Å². The van der Waals surface area contributed by atoms with Crippen LogP contribution >= 0.6 is 0 Å². The summed E-state index contributed by atoms with van der Waals surface area (Å²) < 4.78 is 0. The molecule has 1 heterocycles. The third kappa shape index (κ3) is 3.53. The smallest absolute Gasteiger partial charge is 0.223 e. The molecule has 2 N–H and O–H groups in total. The van der Waals surface area contributed by atoms with Gasteiger partial charge in [-0.2, -0.15) is 0 Å². The fourth-order valence-electron chi connectivity index (χ4n) is 1.49. The molecule has 0 bridgehead atoms. The number of rotatable bonds is 3. The summed E-state index contributed by atoms with van der Waals surface area (Å²) in [6.45, 7) is 6.57. The molecular formula is C11H20N2O2. The Morgan fingerprint density at radius 3 is 2.60 bits per heavy atom. The second-order valence-electron chi connectivity index (χ2n) is 4.58. The van der Waals surface area contributed by atoms with Crippen LogP contribution in [0.1, 0.15) is 33.6 Å². The lowest BCUT2D eigenvalue weighted by atomic mass is 9.96. The maximum atomic E-state index is 11.7. The van der Waals surface area contributed by atoms with Gasteiger partial charge in [0.15, 0.2) is 0 Å². The summed E-state index contributed by atoms with van der Waals surface area (Å²) in [5, 5.41) is 5.72. The molecule has 1 aliphatic rings. The lowest BCUT2D eigenvalue weighted by molar-refractivity contribution is -0.128. The zero-order chi connectivity index (χ0) is 11.4. The van der Waals surface area contributed by atoms with E-state index in [4.69, 9.17) is 0 Å². The quantitative estimate of drug-likeness (QED) is 0.722. The van der Waals surface area contributed by atoms with Crippen molar-refractivity contribution >= 4 is 11.8 Å². The molecule has 4 heteroatoms. The standard InChI is InChI=1S/C11H20N2O2/c1-7(2)8(3)11(15)13-9-4-5-10(14)12-6-9/h7-9H,4-6H2,1-3H3,(H,12,14)(H,13,15). The molecule has 0 aromatic heterocycles. The lowest BCUT2D eigenvalue weighted by Gasteiger charge is -2.25. The van der Waals surface area contributed by atoms with Gasteiger partial charge < -0.3 is 10.6 Å². The lowest BCUT2D eigenvalue weighted by Crippen LogP contribution is -2.49. The third-order valence-electron chi connectivity index (χ3n) is 3.03. The number of amides is 2. The van der Waals surface area contributed by atoms with E-state index in [1.165, 1.54) is 0 Å². The van der Waals surface area contributed by atoms with Crippen LogP contribution in [0.2, 0.25) is 0 Å². The van der Waals surface area contributed by atoms with Crippen LogP contribution in [0.4, 0.5) is 0 Å². The van der Waals surface area contributed by atoms with Crippen LogP contribution in [0.5, 0.6) is 0 Å². The van der Waals surface area contributed by atoms with Crippen molar-refractivity contribution in [2.75, 3.05) is 6.54 Å². The monoisotopic (exact) mass is 212 g/mol. The first-order valence-electron chi connectivity index (χ1n) is 5.57. The SMILES string of the molecule is CC(C)C(C)C(=O)NC1CCC(=O)NC1. The van der Waals surface area contributed by atoms with Crippen molar-refractivity contribution in [1.29, 1.82) is 0 Å². The van der Waals surface area contributed by atoms with Gasteiger partial charge in [0, 0.05) is 24.9 Å². The van der Waals surface area contributed by atoms with E-state index in [1.54, 1.807) is 0 Å². The number of hydrogen-bond acceptors (Lipinski definition) is 2. The number of carbonyl (C=O) groups excluding carboxylic acids is 2. The van der Waals surface area contributed by atoms with E-state index in [1.807, 2.05) is 20.8 Å². The van der Waals surface area contributed by atoms with Gasteiger partial charge in [-0.05, 0) is 12.3 Å². The van der Waals surface area contributed by atoms with Gasteiger partial charge in [-0.15, -0.1) is 0 Å².